The van der Waals surface area contributed by atoms with Crippen LogP contribution in [0.4, 0.5) is 0 Å². The van der Waals surface area contributed by atoms with Gasteiger partial charge in [-0.3, -0.25) is 0 Å². The summed E-state index contributed by atoms with van der Waals surface area (Å²) in [5, 5.41) is 3.54. The Balaban J connectivity index is 1.82. The van der Waals surface area contributed by atoms with E-state index >= 15 is 0 Å². The van der Waals surface area contributed by atoms with Crippen LogP contribution in [-0.2, 0) is 6.42 Å². The molecule has 2 aromatic rings. The van der Waals surface area contributed by atoms with E-state index in [1.807, 2.05) is 0 Å². The maximum atomic E-state index is 5.95. The van der Waals surface area contributed by atoms with Crippen molar-refractivity contribution >= 4 is 0 Å². The molecule has 1 aromatic heterocycles. The first-order chi connectivity index (χ1) is 10.3. The smallest absolute Gasteiger partial charge is 0.125 e. The van der Waals surface area contributed by atoms with Crippen molar-refractivity contribution in [1.82, 2.24) is 5.32 Å². The van der Waals surface area contributed by atoms with E-state index in [2.05, 4.69) is 55.6 Å². The summed E-state index contributed by atoms with van der Waals surface area (Å²) in [5.41, 5.74) is 2.78. The third-order valence-corrected chi connectivity index (χ3v) is 4.57. The summed E-state index contributed by atoms with van der Waals surface area (Å²) < 4.78 is 5.95. The van der Waals surface area contributed by atoms with E-state index in [4.69, 9.17) is 4.42 Å². The Labute approximate surface area is 127 Å². The molecule has 1 saturated carbocycles. The lowest BCUT2D eigenvalue weighted by Gasteiger charge is -2.26. The molecule has 0 saturated heterocycles. The molecule has 1 fully saturated rings. The van der Waals surface area contributed by atoms with Crippen molar-refractivity contribution in [1.29, 1.82) is 0 Å². The number of hydrogen-bond acceptors (Lipinski definition) is 2. The van der Waals surface area contributed by atoms with Crippen LogP contribution >= 0.6 is 0 Å². The molecule has 0 spiro atoms. The number of furan rings is 1. The predicted molar refractivity (Wildman–Crippen MR) is 86.6 cm³/mol. The molecular weight excluding hydrogens is 258 g/mol. The molecule has 1 N–H and O–H groups in total. The molecule has 1 heterocycles. The van der Waals surface area contributed by atoms with E-state index in [9.17, 15) is 0 Å². The topological polar surface area (TPSA) is 25.2 Å². The van der Waals surface area contributed by atoms with Crippen molar-refractivity contribution in [2.24, 2.45) is 0 Å². The van der Waals surface area contributed by atoms with Gasteiger partial charge in [0, 0.05) is 6.42 Å². The fourth-order valence-corrected chi connectivity index (χ4v) is 3.03. The highest BCUT2D eigenvalue weighted by Gasteiger charge is 2.21. The first-order valence-corrected chi connectivity index (χ1v) is 8.23. The summed E-state index contributed by atoms with van der Waals surface area (Å²) in [5.74, 6) is 2.87. The van der Waals surface area contributed by atoms with Crippen LogP contribution < -0.4 is 5.32 Å². The SMILES string of the molecule is CCNC(c1ccc(C2CCC2)cc1)c1ccc(CC)o1. The van der Waals surface area contributed by atoms with E-state index in [0.29, 0.717) is 0 Å². The number of aryl methyl sites for hydroxylation is 1. The standard InChI is InChI=1S/C19H25NO/c1-3-17-12-13-18(21-17)19(20-4-2)16-10-8-15(9-11-16)14-6-5-7-14/h8-14,19-20H,3-7H2,1-2H3. The fourth-order valence-electron chi connectivity index (χ4n) is 3.03. The minimum Gasteiger partial charge on any atom is -0.464 e. The molecule has 0 aliphatic heterocycles. The monoisotopic (exact) mass is 283 g/mol. The summed E-state index contributed by atoms with van der Waals surface area (Å²) in [6.07, 6.45) is 5.04. The van der Waals surface area contributed by atoms with Crippen LogP contribution in [0.5, 0.6) is 0 Å². The molecule has 21 heavy (non-hydrogen) atoms. The lowest BCUT2D eigenvalue weighted by molar-refractivity contribution is 0.418. The molecule has 0 amide bonds. The van der Waals surface area contributed by atoms with Crippen LogP contribution in [-0.4, -0.2) is 6.54 Å². The summed E-state index contributed by atoms with van der Waals surface area (Å²) in [7, 11) is 0. The van der Waals surface area contributed by atoms with E-state index in [1.165, 1.54) is 30.4 Å². The first kappa shape index (κ1) is 14.4. The number of rotatable bonds is 6. The molecule has 2 heteroatoms. The van der Waals surface area contributed by atoms with Gasteiger partial charge in [0.25, 0.3) is 0 Å². The highest BCUT2D eigenvalue weighted by atomic mass is 16.3. The van der Waals surface area contributed by atoms with Gasteiger partial charge in [0.2, 0.25) is 0 Å². The Kier molecular flexibility index (Phi) is 4.45. The Morgan fingerprint density at radius 2 is 1.86 bits per heavy atom. The van der Waals surface area contributed by atoms with E-state index in [0.717, 1.165) is 30.4 Å². The lowest BCUT2D eigenvalue weighted by Crippen LogP contribution is -2.21. The Morgan fingerprint density at radius 1 is 1.10 bits per heavy atom. The van der Waals surface area contributed by atoms with Crippen LogP contribution in [0.1, 0.15) is 67.7 Å². The minimum absolute atomic E-state index is 0.158. The Hall–Kier alpha value is -1.54. The van der Waals surface area contributed by atoms with Crippen molar-refractivity contribution in [2.75, 3.05) is 6.54 Å². The molecule has 0 bridgehead atoms. The van der Waals surface area contributed by atoms with Gasteiger partial charge in [-0.25, -0.2) is 0 Å². The molecule has 112 valence electrons. The van der Waals surface area contributed by atoms with Gasteiger partial charge in [-0.15, -0.1) is 0 Å². The zero-order valence-corrected chi connectivity index (χ0v) is 13.1. The van der Waals surface area contributed by atoms with Crippen molar-refractivity contribution in [2.45, 2.75) is 51.5 Å². The van der Waals surface area contributed by atoms with Gasteiger partial charge in [0.1, 0.15) is 11.5 Å². The van der Waals surface area contributed by atoms with Gasteiger partial charge in [-0.1, -0.05) is 44.5 Å². The number of benzene rings is 1. The number of hydrogen-bond donors (Lipinski definition) is 1. The van der Waals surface area contributed by atoms with E-state index < -0.39 is 0 Å². The van der Waals surface area contributed by atoms with Gasteiger partial charge < -0.3 is 9.73 Å². The van der Waals surface area contributed by atoms with Gasteiger partial charge in [0.15, 0.2) is 0 Å². The van der Waals surface area contributed by atoms with Gasteiger partial charge in [0.05, 0.1) is 6.04 Å². The molecule has 1 aliphatic carbocycles. The van der Waals surface area contributed by atoms with Crippen molar-refractivity contribution < 1.29 is 4.42 Å². The highest BCUT2D eigenvalue weighted by molar-refractivity contribution is 5.32. The molecule has 1 unspecified atom stereocenters. The number of nitrogens with one attached hydrogen (secondary N) is 1. The highest BCUT2D eigenvalue weighted by Crippen LogP contribution is 2.36. The van der Waals surface area contributed by atoms with Crippen LogP contribution in [0.25, 0.3) is 0 Å². The summed E-state index contributed by atoms with van der Waals surface area (Å²) in [4.78, 5) is 0. The summed E-state index contributed by atoms with van der Waals surface area (Å²) in [6.45, 7) is 5.19. The summed E-state index contributed by atoms with van der Waals surface area (Å²) in [6, 6.07) is 13.5. The van der Waals surface area contributed by atoms with Gasteiger partial charge in [-0.05, 0) is 48.6 Å². The average molecular weight is 283 g/mol. The van der Waals surface area contributed by atoms with Crippen molar-refractivity contribution in [3.8, 4) is 0 Å². The maximum Gasteiger partial charge on any atom is 0.125 e. The molecule has 3 rings (SSSR count). The van der Waals surface area contributed by atoms with Crippen LogP contribution in [0.3, 0.4) is 0 Å². The Morgan fingerprint density at radius 3 is 2.38 bits per heavy atom. The second-order valence-electron chi connectivity index (χ2n) is 5.94. The predicted octanol–water partition coefficient (Wildman–Crippen LogP) is 4.81. The maximum absolute atomic E-state index is 5.95. The first-order valence-electron chi connectivity index (χ1n) is 8.23. The third kappa shape index (κ3) is 3.06. The minimum atomic E-state index is 0.158. The second kappa shape index (κ2) is 6.48. The van der Waals surface area contributed by atoms with Crippen LogP contribution in [0, 0.1) is 0 Å². The van der Waals surface area contributed by atoms with Gasteiger partial charge in [-0.2, -0.15) is 0 Å². The fraction of sp³-hybridized carbons (Fsp3) is 0.474. The van der Waals surface area contributed by atoms with Crippen molar-refractivity contribution in [3.63, 3.8) is 0 Å². The molecular formula is C19H25NO. The molecule has 1 aliphatic rings. The average Bonchev–Trinajstić information content (AvgIpc) is 2.93. The molecule has 1 atom stereocenters. The lowest BCUT2D eigenvalue weighted by atomic mass is 9.80. The van der Waals surface area contributed by atoms with E-state index in [-0.39, 0.29) is 6.04 Å². The normalized spacial score (nSPS) is 16.7. The van der Waals surface area contributed by atoms with E-state index in [1.54, 1.807) is 0 Å². The Bertz CT molecular complexity index is 566. The zero-order chi connectivity index (χ0) is 14.7. The van der Waals surface area contributed by atoms with Crippen LogP contribution in [0.15, 0.2) is 40.8 Å². The second-order valence-corrected chi connectivity index (χ2v) is 5.94. The molecule has 1 aromatic carbocycles. The third-order valence-electron chi connectivity index (χ3n) is 4.57. The van der Waals surface area contributed by atoms with Crippen molar-refractivity contribution in [3.05, 3.63) is 59.0 Å². The molecule has 2 nitrogen and oxygen atoms in total. The quantitative estimate of drug-likeness (QED) is 0.823. The summed E-state index contributed by atoms with van der Waals surface area (Å²) >= 11 is 0. The van der Waals surface area contributed by atoms with Crippen LogP contribution in [0.2, 0.25) is 0 Å². The largest absolute Gasteiger partial charge is 0.464 e. The van der Waals surface area contributed by atoms with Gasteiger partial charge >= 0.3 is 0 Å². The molecule has 0 radical (unpaired) electrons. The zero-order valence-electron chi connectivity index (χ0n) is 13.1.